The number of aromatic nitrogens is 2. The van der Waals surface area contributed by atoms with Gasteiger partial charge in [0.25, 0.3) is 0 Å². The number of aryl methyl sites for hydroxylation is 1. The number of pyridine rings is 1. The molecule has 0 unspecified atom stereocenters. The average Bonchev–Trinajstić information content (AvgIpc) is 3.07. The summed E-state index contributed by atoms with van der Waals surface area (Å²) in [5.74, 6) is 1.00. The maximum Gasteiger partial charge on any atom is 0.223 e. The van der Waals surface area contributed by atoms with E-state index in [4.69, 9.17) is 11.6 Å². The van der Waals surface area contributed by atoms with Gasteiger partial charge in [-0.1, -0.05) is 11.6 Å². The van der Waals surface area contributed by atoms with Crippen LogP contribution in [0.5, 0.6) is 0 Å². The number of amides is 1. The Morgan fingerprint density at radius 2 is 2.05 bits per heavy atom. The summed E-state index contributed by atoms with van der Waals surface area (Å²) in [6.07, 6.45) is 4.77. The van der Waals surface area contributed by atoms with Gasteiger partial charge in [-0.3, -0.25) is 4.79 Å². The quantitative estimate of drug-likeness (QED) is 0.860. The van der Waals surface area contributed by atoms with E-state index in [1.165, 1.54) is 0 Å². The van der Waals surface area contributed by atoms with Gasteiger partial charge in [0.2, 0.25) is 5.91 Å². The minimum atomic E-state index is 0.196. The van der Waals surface area contributed by atoms with Gasteiger partial charge in [-0.2, -0.15) is 0 Å². The van der Waals surface area contributed by atoms with Crippen LogP contribution in [0.2, 0.25) is 5.02 Å². The Morgan fingerprint density at radius 1 is 1.23 bits per heavy atom. The molecule has 0 spiro atoms. The van der Waals surface area contributed by atoms with E-state index < -0.39 is 0 Å². The van der Waals surface area contributed by atoms with Gasteiger partial charge in [-0.25, -0.2) is 9.97 Å². The normalized spacial score (nSPS) is 15.1. The third kappa shape index (κ3) is 3.56. The second-order valence-corrected chi connectivity index (χ2v) is 6.49. The van der Waals surface area contributed by atoms with Crippen molar-refractivity contribution in [2.45, 2.75) is 12.8 Å². The van der Waals surface area contributed by atoms with Crippen molar-refractivity contribution < 1.29 is 4.79 Å². The zero-order chi connectivity index (χ0) is 15.4. The molecule has 3 heterocycles. The van der Waals surface area contributed by atoms with Crippen molar-refractivity contribution in [3.05, 3.63) is 39.9 Å². The van der Waals surface area contributed by atoms with Gasteiger partial charge in [0, 0.05) is 56.8 Å². The number of thiazole rings is 1. The van der Waals surface area contributed by atoms with Crippen LogP contribution in [0.15, 0.2) is 29.9 Å². The number of anilines is 1. The molecule has 0 radical (unpaired) electrons. The Hall–Kier alpha value is -1.66. The number of carbonyl (C=O) groups is 1. The van der Waals surface area contributed by atoms with Crippen molar-refractivity contribution >= 4 is 34.7 Å². The second-order valence-electron chi connectivity index (χ2n) is 5.10. The molecule has 0 aromatic carbocycles. The summed E-state index contributed by atoms with van der Waals surface area (Å²) in [7, 11) is 0. The van der Waals surface area contributed by atoms with Crippen molar-refractivity contribution in [3.63, 3.8) is 0 Å². The van der Waals surface area contributed by atoms with Gasteiger partial charge in [-0.15, -0.1) is 11.3 Å². The first-order chi connectivity index (χ1) is 10.7. The van der Waals surface area contributed by atoms with Gasteiger partial charge >= 0.3 is 0 Å². The summed E-state index contributed by atoms with van der Waals surface area (Å²) >= 11 is 7.77. The first kappa shape index (κ1) is 15.2. The van der Waals surface area contributed by atoms with E-state index >= 15 is 0 Å². The van der Waals surface area contributed by atoms with Crippen molar-refractivity contribution in [2.75, 3.05) is 31.1 Å². The Kier molecular flexibility index (Phi) is 4.90. The summed E-state index contributed by atoms with van der Waals surface area (Å²) in [6.45, 7) is 2.95. The number of carbonyl (C=O) groups excluding carboxylic acids is 1. The predicted molar refractivity (Wildman–Crippen MR) is 88.5 cm³/mol. The van der Waals surface area contributed by atoms with Gasteiger partial charge in [0.15, 0.2) is 0 Å². The van der Waals surface area contributed by atoms with Crippen LogP contribution in [-0.4, -0.2) is 47.0 Å². The maximum atomic E-state index is 12.2. The van der Waals surface area contributed by atoms with E-state index in [1.807, 2.05) is 22.4 Å². The zero-order valence-corrected chi connectivity index (χ0v) is 13.7. The molecule has 0 N–H and O–H groups in total. The molecule has 22 heavy (non-hydrogen) atoms. The van der Waals surface area contributed by atoms with Crippen molar-refractivity contribution in [1.82, 2.24) is 14.9 Å². The highest BCUT2D eigenvalue weighted by molar-refractivity contribution is 7.09. The van der Waals surface area contributed by atoms with Crippen LogP contribution in [0.1, 0.15) is 11.4 Å². The average molecular weight is 337 g/mol. The van der Waals surface area contributed by atoms with Gasteiger partial charge < -0.3 is 9.80 Å². The lowest BCUT2D eigenvalue weighted by molar-refractivity contribution is -0.131. The van der Waals surface area contributed by atoms with Crippen molar-refractivity contribution in [2.24, 2.45) is 0 Å². The first-order valence-corrected chi connectivity index (χ1v) is 8.51. The van der Waals surface area contributed by atoms with Gasteiger partial charge in [0.1, 0.15) is 5.82 Å². The highest BCUT2D eigenvalue weighted by Gasteiger charge is 2.22. The fraction of sp³-hybridized carbons (Fsp3) is 0.400. The van der Waals surface area contributed by atoms with Crippen LogP contribution in [0.25, 0.3) is 0 Å². The predicted octanol–water partition coefficient (Wildman–Crippen LogP) is 2.47. The van der Waals surface area contributed by atoms with Gasteiger partial charge in [-0.05, 0) is 12.1 Å². The molecule has 1 amide bonds. The van der Waals surface area contributed by atoms with E-state index in [0.717, 1.165) is 30.3 Å². The molecule has 2 aromatic heterocycles. The Bertz CT molecular complexity index is 626. The van der Waals surface area contributed by atoms with Crippen molar-refractivity contribution in [1.29, 1.82) is 0 Å². The molecular weight excluding hydrogens is 320 g/mol. The molecule has 1 aliphatic rings. The molecule has 3 rings (SSSR count). The van der Waals surface area contributed by atoms with Crippen LogP contribution in [-0.2, 0) is 11.2 Å². The van der Waals surface area contributed by atoms with E-state index in [2.05, 4.69) is 14.9 Å². The SMILES string of the molecule is O=C(CCc1nccs1)N1CCN(c2ncccc2Cl)CC1. The molecule has 7 heteroatoms. The summed E-state index contributed by atoms with van der Waals surface area (Å²) in [6, 6.07) is 3.67. The lowest BCUT2D eigenvalue weighted by Crippen LogP contribution is -2.49. The molecule has 116 valence electrons. The molecule has 0 bridgehead atoms. The largest absolute Gasteiger partial charge is 0.352 e. The van der Waals surface area contributed by atoms with Crippen LogP contribution in [0.4, 0.5) is 5.82 Å². The van der Waals surface area contributed by atoms with E-state index in [9.17, 15) is 4.79 Å². The third-order valence-corrected chi connectivity index (χ3v) is 4.84. The standard InChI is InChI=1S/C15H17ClN4OS/c16-12-2-1-5-18-15(12)20-9-7-19(8-10-20)14(21)4-3-13-17-6-11-22-13/h1-2,5-6,11H,3-4,7-10H2. The number of halogens is 1. The Morgan fingerprint density at radius 3 is 2.73 bits per heavy atom. The lowest BCUT2D eigenvalue weighted by atomic mass is 10.2. The molecule has 0 aliphatic carbocycles. The monoisotopic (exact) mass is 336 g/mol. The van der Waals surface area contributed by atoms with Gasteiger partial charge in [0.05, 0.1) is 10.0 Å². The topological polar surface area (TPSA) is 49.3 Å². The van der Waals surface area contributed by atoms with Crippen LogP contribution in [0.3, 0.4) is 0 Å². The molecule has 1 fully saturated rings. The number of hydrogen-bond donors (Lipinski definition) is 0. The third-order valence-electron chi connectivity index (χ3n) is 3.71. The molecule has 1 saturated heterocycles. The number of rotatable bonds is 4. The maximum absolute atomic E-state index is 12.2. The van der Waals surface area contributed by atoms with Crippen LogP contribution >= 0.6 is 22.9 Å². The number of piperazine rings is 1. The zero-order valence-electron chi connectivity index (χ0n) is 12.1. The summed E-state index contributed by atoms with van der Waals surface area (Å²) in [5.41, 5.74) is 0. The molecule has 5 nitrogen and oxygen atoms in total. The number of hydrogen-bond acceptors (Lipinski definition) is 5. The molecule has 2 aromatic rings. The van der Waals surface area contributed by atoms with E-state index in [0.29, 0.717) is 24.5 Å². The Labute approximate surface area is 138 Å². The molecule has 1 aliphatic heterocycles. The van der Waals surface area contributed by atoms with Crippen LogP contribution in [0, 0.1) is 0 Å². The minimum Gasteiger partial charge on any atom is -0.352 e. The van der Waals surface area contributed by atoms with E-state index in [-0.39, 0.29) is 5.91 Å². The Balaban J connectivity index is 1.51. The summed E-state index contributed by atoms with van der Waals surface area (Å²) in [4.78, 5) is 24.8. The fourth-order valence-corrected chi connectivity index (χ4v) is 3.39. The molecule has 0 atom stereocenters. The molecular formula is C15H17ClN4OS. The second kappa shape index (κ2) is 7.07. The highest BCUT2D eigenvalue weighted by Crippen LogP contribution is 2.23. The summed E-state index contributed by atoms with van der Waals surface area (Å²) < 4.78 is 0. The highest BCUT2D eigenvalue weighted by atomic mass is 35.5. The lowest BCUT2D eigenvalue weighted by Gasteiger charge is -2.35. The minimum absolute atomic E-state index is 0.196. The summed E-state index contributed by atoms with van der Waals surface area (Å²) in [5, 5.41) is 3.62. The first-order valence-electron chi connectivity index (χ1n) is 7.25. The van der Waals surface area contributed by atoms with Crippen molar-refractivity contribution in [3.8, 4) is 0 Å². The fourth-order valence-electron chi connectivity index (χ4n) is 2.53. The number of nitrogens with zero attached hydrogens (tertiary/aromatic N) is 4. The van der Waals surface area contributed by atoms with Crippen LogP contribution < -0.4 is 4.90 Å². The smallest absolute Gasteiger partial charge is 0.223 e. The van der Waals surface area contributed by atoms with E-state index in [1.54, 1.807) is 23.7 Å². The molecule has 0 saturated carbocycles.